The summed E-state index contributed by atoms with van der Waals surface area (Å²) in [7, 11) is 0. The summed E-state index contributed by atoms with van der Waals surface area (Å²) in [5.74, 6) is 1.11. The van der Waals surface area contributed by atoms with Gasteiger partial charge in [0.2, 0.25) is 0 Å². The van der Waals surface area contributed by atoms with Crippen LogP contribution in [0.15, 0.2) is 53.1 Å². The third-order valence-corrected chi connectivity index (χ3v) is 4.73. The Kier molecular flexibility index (Phi) is 6.05. The van der Waals surface area contributed by atoms with E-state index < -0.39 is 5.97 Å². The van der Waals surface area contributed by atoms with Gasteiger partial charge in [0.05, 0.1) is 11.6 Å². The topological polar surface area (TPSA) is 75.4 Å². The second-order valence-electron chi connectivity index (χ2n) is 7.20. The molecule has 2 aromatic heterocycles. The van der Waals surface area contributed by atoms with Crippen molar-refractivity contribution in [1.29, 1.82) is 0 Å². The van der Waals surface area contributed by atoms with Crippen LogP contribution in [0.3, 0.4) is 0 Å². The molecular weight excluding hydrogens is 376 g/mol. The van der Waals surface area contributed by atoms with Crippen molar-refractivity contribution in [1.82, 2.24) is 4.98 Å². The molecular formula is C22H23ClN2O3. The zero-order chi connectivity index (χ0) is 20.3. The Balaban J connectivity index is 1.90. The van der Waals surface area contributed by atoms with Crippen LogP contribution in [0.5, 0.6) is 0 Å². The normalized spacial score (nSPS) is 12.2. The Morgan fingerprint density at radius 2 is 1.93 bits per heavy atom. The van der Waals surface area contributed by atoms with E-state index in [0.717, 1.165) is 34.8 Å². The number of hydrogen-bond acceptors (Lipinski definition) is 4. The number of aromatic nitrogens is 1. The SMILES string of the molecule is Cc1oc(-c2ccnc(Cl)c2)cc1C(CC(C)C)Nc1ccc(C(=O)O)cc1. The van der Waals surface area contributed by atoms with E-state index in [1.54, 1.807) is 36.5 Å². The van der Waals surface area contributed by atoms with Crippen LogP contribution in [0, 0.1) is 12.8 Å². The number of nitrogens with one attached hydrogen (secondary N) is 1. The molecule has 0 radical (unpaired) electrons. The Morgan fingerprint density at radius 1 is 1.21 bits per heavy atom. The summed E-state index contributed by atoms with van der Waals surface area (Å²) in [6.45, 7) is 6.28. The van der Waals surface area contributed by atoms with E-state index in [-0.39, 0.29) is 11.6 Å². The largest absolute Gasteiger partial charge is 0.478 e. The van der Waals surface area contributed by atoms with Gasteiger partial charge in [-0.15, -0.1) is 0 Å². The van der Waals surface area contributed by atoms with Gasteiger partial charge >= 0.3 is 5.97 Å². The number of hydrogen-bond donors (Lipinski definition) is 2. The Hall–Kier alpha value is -2.79. The number of benzene rings is 1. The van der Waals surface area contributed by atoms with Gasteiger partial charge in [0, 0.05) is 23.0 Å². The maximum absolute atomic E-state index is 11.1. The Morgan fingerprint density at radius 3 is 2.54 bits per heavy atom. The monoisotopic (exact) mass is 398 g/mol. The number of carboxylic acids is 1. The van der Waals surface area contributed by atoms with Crippen LogP contribution in [0.4, 0.5) is 5.69 Å². The van der Waals surface area contributed by atoms with Gasteiger partial charge in [0.15, 0.2) is 0 Å². The van der Waals surface area contributed by atoms with Gasteiger partial charge in [0.1, 0.15) is 16.7 Å². The minimum absolute atomic E-state index is 0.0329. The van der Waals surface area contributed by atoms with Crippen molar-refractivity contribution in [3.8, 4) is 11.3 Å². The zero-order valence-electron chi connectivity index (χ0n) is 16.1. The molecule has 1 unspecified atom stereocenters. The van der Waals surface area contributed by atoms with Crippen LogP contribution in [-0.4, -0.2) is 16.1 Å². The number of halogens is 1. The Bertz CT molecular complexity index is 964. The highest BCUT2D eigenvalue weighted by molar-refractivity contribution is 6.29. The number of pyridine rings is 1. The molecule has 3 rings (SSSR count). The third kappa shape index (κ3) is 4.73. The first-order chi connectivity index (χ1) is 13.3. The summed E-state index contributed by atoms with van der Waals surface area (Å²) in [6, 6.07) is 12.5. The molecule has 0 fully saturated rings. The third-order valence-electron chi connectivity index (χ3n) is 4.52. The van der Waals surface area contributed by atoms with Crippen LogP contribution in [0.25, 0.3) is 11.3 Å². The molecule has 0 amide bonds. The van der Waals surface area contributed by atoms with Gasteiger partial charge in [-0.2, -0.15) is 0 Å². The summed E-state index contributed by atoms with van der Waals surface area (Å²) < 4.78 is 6.00. The average molecular weight is 399 g/mol. The molecule has 146 valence electrons. The number of furan rings is 1. The number of aryl methyl sites for hydroxylation is 1. The smallest absolute Gasteiger partial charge is 0.335 e. The highest BCUT2D eigenvalue weighted by Crippen LogP contribution is 2.34. The molecule has 0 bridgehead atoms. The van der Waals surface area contributed by atoms with Gasteiger partial charge in [-0.25, -0.2) is 9.78 Å². The molecule has 0 spiro atoms. The molecule has 0 aliphatic rings. The van der Waals surface area contributed by atoms with Crippen LogP contribution in [0.1, 0.15) is 48.0 Å². The van der Waals surface area contributed by atoms with Gasteiger partial charge in [-0.05, 0) is 61.7 Å². The summed E-state index contributed by atoms with van der Waals surface area (Å²) in [5.41, 5.74) is 3.08. The molecule has 2 heterocycles. The Labute approximate surface area is 169 Å². The lowest BCUT2D eigenvalue weighted by Crippen LogP contribution is -2.13. The number of anilines is 1. The second kappa shape index (κ2) is 8.48. The van der Waals surface area contributed by atoms with E-state index in [4.69, 9.17) is 21.1 Å². The van der Waals surface area contributed by atoms with Gasteiger partial charge < -0.3 is 14.8 Å². The number of carboxylic acid groups (broad SMARTS) is 1. The van der Waals surface area contributed by atoms with Crippen LogP contribution in [-0.2, 0) is 0 Å². The first kappa shape index (κ1) is 20.0. The molecule has 6 heteroatoms. The average Bonchev–Trinajstić information content (AvgIpc) is 3.03. The highest BCUT2D eigenvalue weighted by atomic mass is 35.5. The van der Waals surface area contributed by atoms with Crippen LogP contribution >= 0.6 is 11.6 Å². The van der Waals surface area contributed by atoms with E-state index in [2.05, 4.69) is 24.1 Å². The van der Waals surface area contributed by atoms with Crippen molar-refractivity contribution in [3.05, 3.63) is 70.7 Å². The van der Waals surface area contributed by atoms with Crippen LogP contribution < -0.4 is 5.32 Å². The minimum atomic E-state index is -0.934. The first-order valence-corrected chi connectivity index (χ1v) is 9.53. The lowest BCUT2D eigenvalue weighted by Gasteiger charge is -2.21. The predicted molar refractivity (Wildman–Crippen MR) is 111 cm³/mol. The first-order valence-electron chi connectivity index (χ1n) is 9.15. The van der Waals surface area contributed by atoms with Crippen molar-refractivity contribution in [2.75, 3.05) is 5.32 Å². The fraction of sp³-hybridized carbons (Fsp3) is 0.273. The van der Waals surface area contributed by atoms with E-state index in [1.165, 1.54) is 0 Å². The molecule has 0 saturated heterocycles. The second-order valence-corrected chi connectivity index (χ2v) is 7.59. The van der Waals surface area contributed by atoms with E-state index >= 15 is 0 Å². The van der Waals surface area contributed by atoms with Crippen molar-refractivity contribution in [3.63, 3.8) is 0 Å². The quantitative estimate of drug-likeness (QED) is 0.463. The zero-order valence-corrected chi connectivity index (χ0v) is 16.8. The molecule has 28 heavy (non-hydrogen) atoms. The van der Waals surface area contributed by atoms with Crippen LogP contribution in [0.2, 0.25) is 5.15 Å². The molecule has 5 nitrogen and oxygen atoms in total. The number of carbonyl (C=O) groups is 1. The molecule has 0 saturated carbocycles. The van der Waals surface area contributed by atoms with Crippen molar-refractivity contribution in [2.45, 2.75) is 33.2 Å². The lowest BCUT2D eigenvalue weighted by molar-refractivity contribution is 0.0697. The number of aromatic carboxylic acids is 1. The fourth-order valence-electron chi connectivity index (χ4n) is 3.19. The molecule has 1 atom stereocenters. The van der Waals surface area contributed by atoms with Crippen molar-refractivity contribution < 1.29 is 14.3 Å². The number of nitrogens with zero attached hydrogens (tertiary/aromatic N) is 1. The maximum atomic E-state index is 11.1. The van der Waals surface area contributed by atoms with Crippen molar-refractivity contribution in [2.24, 2.45) is 5.92 Å². The highest BCUT2D eigenvalue weighted by Gasteiger charge is 2.20. The minimum Gasteiger partial charge on any atom is -0.478 e. The molecule has 0 aliphatic heterocycles. The fourth-order valence-corrected chi connectivity index (χ4v) is 3.36. The lowest BCUT2D eigenvalue weighted by atomic mass is 9.96. The van der Waals surface area contributed by atoms with Gasteiger partial charge in [-0.3, -0.25) is 0 Å². The molecule has 0 aliphatic carbocycles. The summed E-state index contributed by atoms with van der Waals surface area (Å²) in [5, 5.41) is 13.0. The molecule has 2 N–H and O–H groups in total. The van der Waals surface area contributed by atoms with Gasteiger partial charge in [0.25, 0.3) is 0 Å². The standard InChI is InChI=1S/C22H23ClN2O3/c1-13(2)10-19(25-17-6-4-15(5-7-17)22(26)27)18-12-20(28-14(18)3)16-8-9-24-21(23)11-16/h4-9,11-13,19,25H,10H2,1-3H3,(H,26,27). The summed E-state index contributed by atoms with van der Waals surface area (Å²) >= 11 is 6.01. The predicted octanol–water partition coefficient (Wildman–Crippen LogP) is 6.20. The van der Waals surface area contributed by atoms with E-state index in [9.17, 15) is 4.79 Å². The van der Waals surface area contributed by atoms with Gasteiger partial charge in [-0.1, -0.05) is 25.4 Å². The van der Waals surface area contributed by atoms with E-state index in [1.807, 2.05) is 19.1 Å². The molecule has 3 aromatic rings. The van der Waals surface area contributed by atoms with Crippen molar-refractivity contribution >= 4 is 23.3 Å². The van der Waals surface area contributed by atoms with E-state index in [0.29, 0.717) is 11.1 Å². The number of rotatable bonds is 7. The summed E-state index contributed by atoms with van der Waals surface area (Å²) in [4.78, 5) is 15.1. The maximum Gasteiger partial charge on any atom is 0.335 e. The molecule has 1 aromatic carbocycles. The summed E-state index contributed by atoms with van der Waals surface area (Å²) in [6.07, 6.45) is 2.56.